The molecule has 0 bridgehead atoms. The lowest BCUT2D eigenvalue weighted by Crippen LogP contribution is -2.45. The molecule has 0 unspecified atom stereocenters. The van der Waals surface area contributed by atoms with E-state index in [0.717, 1.165) is 0 Å². The first kappa shape index (κ1) is 17.8. The van der Waals surface area contributed by atoms with E-state index in [0.29, 0.717) is 12.1 Å². The van der Waals surface area contributed by atoms with E-state index in [1.807, 2.05) is 5.32 Å². The van der Waals surface area contributed by atoms with Crippen LogP contribution in [0, 0.1) is 17.5 Å². The molecule has 0 spiro atoms. The van der Waals surface area contributed by atoms with E-state index in [-0.39, 0.29) is 0 Å². The number of carboxylic acid groups (broad SMARTS) is 1. The van der Waals surface area contributed by atoms with Gasteiger partial charge in [-0.2, -0.15) is 0 Å². The van der Waals surface area contributed by atoms with Gasteiger partial charge in [0.2, 0.25) is 0 Å². The molecule has 2 N–H and O–H groups in total. The Balaban J connectivity index is 2.90. The summed E-state index contributed by atoms with van der Waals surface area (Å²) in [4.78, 5) is 22.6. The van der Waals surface area contributed by atoms with Crippen LogP contribution in [0.1, 0.15) is 26.3 Å². The van der Waals surface area contributed by atoms with Crippen LogP contribution in [0.2, 0.25) is 0 Å². The van der Waals surface area contributed by atoms with Crippen LogP contribution >= 0.6 is 0 Å². The van der Waals surface area contributed by atoms with Crippen molar-refractivity contribution in [3.05, 3.63) is 35.1 Å². The van der Waals surface area contributed by atoms with Gasteiger partial charge in [0.25, 0.3) is 0 Å². The lowest BCUT2D eigenvalue weighted by Gasteiger charge is -2.22. The molecule has 1 atom stereocenters. The lowest BCUT2D eigenvalue weighted by atomic mass is 10.0. The minimum Gasteiger partial charge on any atom is -0.480 e. The van der Waals surface area contributed by atoms with Gasteiger partial charge in [-0.15, -0.1) is 0 Å². The molecular weight excluding hydrogens is 303 g/mol. The van der Waals surface area contributed by atoms with Gasteiger partial charge in [0.15, 0.2) is 0 Å². The highest BCUT2D eigenvalue weighted by Gasteiger charge is 2.26. The maximum absolute atomic E-state index is 13.5. The molecule has 1 rings (SSSR count). The number of nitrogens with one attached hydrogen (secondary N) is 1. The number of hydrogen-bond donors (Lipinski definition) is 2. The van der Waals surface area contributed by atoms with Crippen molar-refractivity contribution in [3.8, 4) is 0 Å². The Bertz CT molecular complexity index is 561. The van der Waals surface area contributed by atoms with E-state index in [9.17, 15) is 22.8 Å². The molecule has 0 heterocycles. The summed E-state index contributed by atoms with van der Waals surface area (Å²) >= 11 is 0. The summed E-state index contributed by atoms with van der Waals surface area (Å²) in [5.41, 5.74) is -1.50. The van der Waals surface area contributed by atoms with E-state index >= 15 is 0 Å². The van der Waals surface area contributed by atoms with Gasteiger partial charge in [-0.1, -0.05) is 0 Å². The Kier molecular flexibility index (Phi) is 5.40. The second-order valence-electron chi connectivity index (χ2n) is 5.59. The van der Waals surface area contributed by atoms with Crippen molar-refractivity contribution < 1.29 is 32.6 Å². The lowest BCUT2D eigenvalue weighted by molar-refractivity contribution is -0.139. The number of hydrogen-bond acceptors (Lipinski definition) is 3. The van der Waals surface area contributed by atoms with Gasteiger partial charge in [0.1, 0.15) is 29.1 Å². The highest BCUT2D eigenvalue weighted by atomic mass is 19.1. The largest absolute Gasteiger partial charge is 0.480 e. The predicted molar refractivity (Wildman–Crippen MR) is 70.8 cm³/mol. The first-order valence-corrected chi connectivity index (χ1v) is 6.35. The van der Waals surface area contributed by atoms with Crippen LogP contribution in [-0.2, 0) is 16.0 Å². The number of benzene rings is 1. The molecule has 0 saturated heterocycles. The number of aliphatic carboxylic acids is 1. The quantitative estimate of drug-likeness (QED) is 0.894. The molecule has 1 aromatic rings. The second-order valence-corrected chi connectivity index (χ2v) is 5.59. The number of carbonyl (C=O) groups is 2. The molecular formula is C14H16F3NO4. The zero-order valence-corrected chi connectivity index (χ0v) is 12.2. The molecule has 122 valence electrons. The molecule has 0 saturated carbocycles. The number of rotatable bonds is 4. The molecule has 5 nitrogen and oxygen atoms in total. The van der Waals surface area contributed by atoms with Crippen molar-refractivity contribution in [1.82, 2.24) is 5.32 Å². The monoisotopic (exact) mass is 319 g/mol. The van der Waals surface area contributed by atoms with Crippen molar-refractivity contribution >= 4 is 12.1 Å². The van der Waals surface area contributed by atoms with Crippen LogP contribution in [-0.4, -0.2) is 28.8 Å². The van der Waals surface area contributed by atoms with Crippen molar-refractivity contribution in [1.29, 1.82) is 0 Å². The zero-order chi connectivity index (χ0) is 17.1. The van der Waals surface area contributed by atoms with Crippen LogP contribution < -0.4 is 5.32 Å². The molecule has 1 aromatic carbocycles. The molecule has 0 fully saturated rings. The van der Waals surface area contributed by atoms with Gasteiger partial charge < -0.3 is 15.2 Å². The number of carboxylic acids is 1. The van der Waals surface area contributed by atoms with Gasteiger partial charge in [-0.3, -0.25) is 0 Å². The van der Waals surface area contributed by atoms with E-state index in [2.05, 4.69) is 0 Å². The molecule has 1 amide bonds. The zero-order valence-electron chi connectivity index (χ0n) is 12.2. The summed E-state index contributed by atoms with van der Waals surface area (Å²) in [6.07, 6.45) is -1.73. The number of amides is 1. The summed E-state index contributed by atoms with van der Waals surface area (Å²) in [6.45, 7) is 4.71. The van der Waals surface area contributed by atoms with Gasteiger partial charge in [0, 0.05) is 24.1 Å². The normalized spacial score (nSPS) is 12.6. The number of alkyl carbamates (subject to hydrolysis) is 1. The van der Waals surface area contributed by atoms with Crippen molar-refractivity contribution in [3.63, 3.8) is 0 Å². The third-order valence-corrected chi connectivity index (χ3v) is 2.50. The maximum Gasteiger partial charge on any atom is 0.408 e. The van der Waals surface area contributed by atoms with Crippen LogP contribution in [0.4, 0.5) is 18.0 Å². The van der Waals surface area contributed by atoms with E-state index in [1.54, 1.807) is 20.8 Å². The fourth-order valence-corrected chi connectivity index (χ4v) is 1.62. The SMILES string of the molecule is CC(C)(C)OC(=O)N[C@@H](Cc1c(F)cc(F)cc1F)C(=O)O. The third-order valence-electron chi connectivity index (χ3n) is 2.50. The highest BCUT2D eigenvalue weighted by molar-refractivity contribution is 5.80. The van der Waals surface area contributed by atoms with Crippen LogP contribution in [0.5, 0.6) is 0 Å². The van der Waals surface area contributed by atoms with E-state index in [1.165, 1.54) is 0 Å². The molecule has 0 aromatic heterocycles. The van der Waals surface area contributed by atoms with Crippen molar-refractivity contribution in [2.45, 2.75) is 38.8 Å². The standard InChI is InChI=1S/C14H16F3NO4/c1-14(2,3)22-13(21)18-11(12(19)20)6-8-9(16)4-7(15)5-10(8)17/h4-5,11H,6H2,1-3H3,(H,18,21)(H,19,20)/t11-/m0/s1. The summed E-state index contributed by atoms with van der Waals surface area (Å²) < 4.78 is 44.7. The summed E-state index contributed by atoms with van der Waals surface area (Å²) in [5.74, 6) is -5.08. The van der Waals surface area contributed by atoms with Crippen LogP contribution in [0.15, 0.2) is 12.1 Å². The Hall–Kier alpha value is -2.25. The number of carbonyl (C=O) groups excluding carboxylic acids is 1. The first-order valence-electron chi connectivity index (χ1n) is 6.35. The summed E-state index contributed by atoms with van der Waals surface area (Å²) in [6, 6.07) is -0.750. The smallest absolute Gasteiger partial charge is 0.408 e. The summed E-state index contributed by atoms with van der Waals surface area (Å²) in [5, 5.41) is 11.0. The molecule has 8 heteroatoms. The van der Waals surface area contributed by atoms with Gasteiger partial charge in [-0.25, -0.2) is 22.8 Å². The maximum atomic E-state index is 13.5. The van der Waals surface area contributed by atoms with Gasteiger partial charge in [-0.05, 0) is 20.8 Å². The Labute approximate surface area is 125 Å². The first-order chi connectivity index (χ1) is 9.99. The average molecular weight is 319 g/mol. The van der Waals surface area contributed by atoms with Crippen LogP contribution in [0.3, 0.4) is 0 Å². The molecule has 0 aliphatic carbocycles. The van der Waals surface area contributed by atoms with E-state index < -0.39 is 53.1 Å². The molecule has 22 heavy (non-hydrogen) atoms. The van der Waals surface area contributed by atoms with Crippen molar-refractivity contribution in [2.24, 2.45) is 0 Å². The Morgan fingerprint density at radius 2 is 1.73 bits per heavy atom. The fraction of sp³-hybridized carbons (Fsp3) is 0.429. The minimum absolute atomic E-state index is 0.435. The highest BCUT2D eigenvalue weighted by Crippen LogP contribution is 2.17. The summed E-state index contributed by atoms with van der Waals surface area (Å²) in [7, 11) is 0. The van der Waals surface area contributed by atoms with Gasteiger partial charge >= 0.3 is 12.1 Å². The van der Waals surface area contributed by atoms with Crippen molar-refractivity contribution in [2.75, 3.05) is 0 Å². The number of ether oxygens (including phenoxy) is 1. The second kappa shape index (κ2) is 6.67. The number of halogens is 3. The molecule has 0 aliphatic heterocycles. The molecule has 0 radical (unpaired) electrons. The third kappa shape index (κ3) is 5.27. The average Bonchev–Trinajstić information content (AvgIpc) is 2.29. The topological polar surface area (TPSA) is 75.6 Å². The predicted octanol–water partition coefficient (Wildman–Crippen LogP) is 2.62. The van der Waals surface area contributed by atoms with Crippen LogP contribution in [0.25, 0.3) is 0 Å². The minimum atomic E-state index is -1.62. The van der Waals surface area contributed by atoms with E-state index in [4.69, 9.17) is 9.84 Å². The Morgan fingerprint density at radius 1 is 1.23 bits per heavy atom. The molecule has 0 aliphatic rings. The fourth-order valence-electron chi connectivity index (χ4n) is 1.62. The van der Waals surface area contributed by atoms with Gasteiger partial charge in [0.05, 0.1) is 0 Å². The Morgan fingerprint density at radius 3 is 2.14 bits per heavy atom.